The van der Waals surface area contributed by atoms with Gasteiger partial charge < -0.3 is 0 Å². The van der Waals surface area contributed by atoms with E-state index in [0.717, 1.165) is 22.3 Å². The molecule has 4 aromatic rings. The first-order valence-electron chi connectivity index (χ1n) is 13.1. The van der Waals surface area contributed by atoms with Crippen LogP contribution in [0.3, 0.4) is 0 Å². The molecule has 2 aromatic carbocycles. The number of rotatable bonds is 10. The van der Waals surface area contributed by atoms with Gasteiger partial charge in [0.25, 0.3) is 0 Å². The summed E-state index contributed by atoms with van der Waals surface area (Å²) in [4.78, 5) is 51.8. The molecule has 0 saturated carbocycles. The second kappa shape index (κ2) is 17.2. The first kappa shape index (κ1) is 35.4. The highest BCUT2D eigenvalue weighted by atomic mass is 16.1. The summed E-state index contributed by atoms with van der Waals surface area (Å²) in [6.45, 7) is 7.96. The van der Waals surface area contributed by atoms with Gasteiger partial charge in [0, 0.05) is 61.0 Å². The van der Waals surface area contributed by atoms with E-state index in [9.17, 15) is 19.2 Å². The molecular weight excluding hydrogens is 526 g/mol. The van der Waals surface area contributed by atoms with Gasteiger partial charge in [-0.05, 0) is 86.3 Å². The minimum atomic E-state index is -0.157. The van der Waals surface area contributed by atoms with E-state index >= 15 is 0 Å². The topological polar surface area (TPSA) is 107 Å². The summed E-state index contributed by atoms with van der Waals surface area (Å²) in [5.74, 6) is -0.221. The lowest BCUT2D eigenvalue weighted by atomic mass is 9.99. The van der Waals surface area contributed by atoms with Crippen LogP contribution in [0.15, 0.2) is 79.3 Å². The molecule has 0 spiro atoms. The number of nitrogens with zero attached hydrogens (tertiary/aromatic N) is 3. The van der Waals surface area contributed by atoms with E-state index in [4.69, 9.17) is 0 Å². The van der Waals surface area contributed by atoms with Crippen molar-refractivity contribution in [1.82, 2.24) is 15.2 Å². The molecule has 0 bridgehead atoms. The Hall–Kier alpha value is -4.65. The zero-order valence-electron chi connectivity index (χ0n) is 23.3. The molecule has 220 valence electrons. The largest absolute Gasteiger partial charge is 0.294 e. The van der Waals surface area contributed by atoms with Crippen molar-refractivity contribution in [1.29, 1.82) is 0 Å². The van der Waals surface area contributed by atoms with Gasteiger partial charge in [0.15, 0.2) is 23.1 Å². The molecule has 42 heavy (non-hydrogen) atoms. The third-order valence-corrected chi connectivity index (χ3v) is 6.66. The van der Waals surface area contributed by atoms with Crippen LogP contribution >= 0.6 is 0 Å². The van der Waals surface area contributed by atoms with Gasteiger partial charge in [-0.15, -0.1) is 5.10 Å². The highest BCUT2D eigenvalue weighted by Gasteiger charge is 2.13. The van der Waals surface area contributed by atoms with Crippen molar-refractivity contribution >= 4 is 23.1 Å². The third kappa shape index (κ3) is 10.4. The summed E-state index contributed by atoms with van der Waals surface area (Å²) < 4.78 is 0. The van der Waals surface area contributed by atoms with Crippen LogP contribution in [0.2, 0.25) is 0 Å². The quantitative estimate of drug-likeness (QED) is 0.180. The summed E-state index contributed by atoms with van der Waals surface area (Å²) >= 11 is 0. The molecule has 0 aliphatic rings. The molecule has 0 unspecified atom stereocenters. The number of Topliss-reactive ketones (excluding diaryl/α,β-unsaturated/α-hetero) is 4. The summed E-state index contributed by atoms with van der Waals surface area (Å²) in [5.41, 5.74) is 6.67. The average Bonchev–Trinajstić information content (AvgIpc) is 2.98. The van der Waals surface area contributed by atoms with E-state index in [1.165, 1.54) is 12.4 Å². The Labute approximate surface area is 249 Å². The number of hydrogen-bond donors (Lipinski definition) is 0. The fourth-order valence-corrected chi connectivity index (χ4v) is 3.82. The number of benzene rings is 2. The molecule has 0 saturated heterocycles. The van der Waals surface area contributed by atoms with Gasteiger partial charge in [-0.1, -0.05) is 39.1 Å². The molecule has 0 aliphatic heterocycles. The number of aryl methyl sites for hydroxylation is 4. The average molecular weight is 568 g/mol. The van der Waals surface area contributed by atoms with Gasteiger partial charge in [0.1, 0.15) is 5.69 Å². The lowest BCUT2D eigenvalue weighted by molar-refractivity contribution is 0.0914. The first-order chi connectivity index (χ1) is 19.2. The molecule has 0 fully saturated rings. The molecule has 0 radical (unpaired) electrons. The Balaban J connectivity index is 0.000000401. The predicted molar refractivity (Wildman–Crippen MR) is 167 cm³/mol. The van der Waals surface area contributed by atoms with Gasteiger partial charge in [-0.25, -0.2) is 0 Å². The summed E-state index contributed by atoms with van der Waals surface area (Å²) in [6.07, 6.45) is 5.47. The third-order valence-electron chi connectivity index (χ3n) is 6.66. The monoisotopic (exact) mass is 567 g/mol. The number of hydrogen-bond acceptors (Lipinski definition) is 7. The number of ketones is 4. The molecule has 2 aromatic heterocycles. The van der Waals surface area contributed by atoms with E-state index in [1.54, 1.807) is 36.5 Å². The van der Waals surface area contributed by atoms with Crippen LogP contribution in [-0.4, -0.2) is 38.3 Å². The van der Waals surface area contributed by atoms with Crippen molar-refractivity contribution in [2.75, 3.05) is 0 Å². The van der Waals surface area contributed by atoms with E-state index in [-0.39, 0.29) is 63.7 Å². The Morgan fingerprint density at radius 1 is 0.548 bits per heavy atom. The summed E-state index contributed by atoms with van der Waals surface area (Å²) in [6, 6.07) is 17.9. The SMILES string of the molecule is C.C.Cc1ccc(C(=O)CCC(=O)c2cccnc2)cc1C.Cc1ccc(C(=O)CCC(=O)c2cccnn2)cc1C. The number of aromatic nitrogens is 3. The van der Waals surface area contributed by atoms with Gasteiger partial charge in [-0.3, -0.25) is 24.2 Å². The van der Waals surface area contributed by atoms with Crippen molar-refractivity contribution in [3.05, 3.63) is 124 Å². The van der Waals surface area contributed by atoms with Crippen molar-refractivity contribution in [3.63, 3.8) is 0 Å². The second-order valence-electron chi connectivity index (χ2n) is 9.64. The van der Waals surface area contributed by atoms with Crippen LogP contribution in [0, 0.1) is 27.7 Å². The second-order valence-corrected chi connectivity index (χ2v) is 9.64. The normalized spacial score (nSPS) is 9.81. The lowest BCUT2D eigenvalue weighted by Crippen LogP contribution is -2.07. The van der Waals surface area contributed by atoms with E-state index in [0.29, 0.717) is 22.4 Å². The highest BCUT2D eigenvalue weighted by molar-refractivity contribution is 6.02. The van der Waals surface area contributed by atoms with Gasteiger partial charge in [0.2, 0.25) is 0 Å². The van der Waals surface area contributed by atoms with Crippen LogP contribution in [0.1, 0.15) is 104 Å². The van der Waals surface area contributed by atoms with Gasteiger partial charge in [-0.2, -0.15) is 5.10 Å². The Bertz CT molecular complexity index is 1380. The highest BCUT2D eigenvalue weighted by Crippen LogP contribution is 2.15. The lowest BCUT2D eigenvalue weighted by Gasteiger charge is -2.04. The van der Waals surface area contributed by atoms with Crippen molar-refractivity contribution < 1.29 is 19.2 Å². The number of carbonyl (C=O) groups is 4. The fraction of sp³-hybridized carbons (Fsp3) is 0.286. The van der Waals surface area contributed by atoms with Gasteiger partial charge >= 0.3 is 0 Å². The number of pyridine rings is 1. The van der Waals surface area contributed by atoms with Crippen molar-refractivity contribution in [2.24, 2.45) is 0 Å². The van der Waals surface area contributed by atoms with Gasteiger partial charge in [0.05, 0.1) is 0 Å². The van der Waals surface area contributed by atoms with Crippen molar-refractivity contribution in [3.8, 4) is 0 Å². The zero-order chi connectivity index (χ0) is 29.1. The molecule has 7 nitrogen and oxygen atoms in total. The Morgan fingerprint density at radius 2 is 1.02 bits per heavy atom. The summed E-state index contributed by atoms with van der Waals surface area (Å²) in [5, 5.41) is 7.40. The first-order valence-corrected chi connectivity index (χ1v) is 13.1. The van der Waals surface area contributed by atoms with Crippen LogP contribution in [-0.2, 0) is 0 Å². The minimum Gasteiger partial charge on any atom is -0.294 e. The maximum Gasteiger partial charge on any atom is 0.183 e. The van der Waals surface area contributed by atoms with Crippen molar-refractivity contribution in [2.45, 2.75) is 68.2 Å². The van der Waals surface area contributed by atoms with Crippen LogP contribution in [0.5, 0.6) is 0 Å². The van der Waals surface area contributed by atoms with Crippen LogP contribution in [0.4, 0.5) is 0 Å². The molecule has 2 heterocycles. The maximum atomic E-state index is 12.1. The predicted octanol–water partition coefficient (Wildman–Crippen LogP) is 7.76. The number of carbonyl (C=O) groups excluding carboxylic acids is 4. The Kier molecular flexibility index (Phi) is 14.5. The van der Waals surface area contributed by atoms with Crippen LogP contribution in [0.25, 0.3) is 0 Å². The minimum absolute atomic E-state index is 0. The maximum absolute atomic E-state index is 12.1. The van der Waals surface area contributed by atoms with E-state index in [1.807, 2.05) is 58.0 Å². The molecule has 0 atom stereocenters. The molecule has 7 heteroatoms. The molecule has 0 N–H and O–H groups in total. The van der Waals surface area contributed by atoms with E-state index in [2.05, 4.69) is 15.2 Å². The molecule has 4 rings (SSSR count). The molecular formula is C35H41N3O4. The van der Waals surface area contributed by atoms with E-state index < -0.39 is 0 Å². The zero-order valence-corrected chi connectivity index (χ0v) is 23.3. The summed E-state index contributed by atoms with van der Waals surface area (Å²) in [7, 11) is 0. The standard InChI is InChI=1S/C17H17NO2.C16H16N2O2.2CH4/c1-12-5-6-14(10-13(12)2)16(19)7-8-17(20)15-4-3-9-18-11-15;1-11-5-6-13(10-12(11)2)15(19)7-8-16(20)14-4-3-9-17-18-14;;/h3-6,9-11H,7-8H2,1-2H3;3-6,9-10H,7-8H2,1-2H3;2*1H4. The molecule has 0 amide bonds. The smallest absolute Gasteiger partial charge is 0.183 e. The molecule has 0 aliphatic carbocycles. The fourth-order valence-electron chi connectivity index (χ4n) is 3.82. The Morgan fingerprint density at radius 3 is 1.45 bits per heavy atom. The van der Waals surface area contributed by atoms with Crippen LogP contribution < -0.4 is 0 Å².